The van der Waals surface area contributed by atoms with Crippen molar-refractivity contribution in [2.45, 2.75) is 19.8 Å². The molecule has 0 aliphatic heterocycles. The van der Waals surface area contributed by atoms with Gasteiger partial charge in [0.05, 0.1) is 29.5 Å². The second-order valence-corrected chi connectivity index (χ2v) is 7.58. The Morgan fingerprint density at radius 2 is 1.85 bits per heavy atom. The topological polar surface area (TPSA) is 107 Å². The van der Waals surface area contributed by atoms with Crippen molar-refractivity contribution in [2.24, 2.45) is 7.05 Å². The van der Waals surface area contributed by atoms with Crippen LogP contribution in [0.25, 0.3) is 11.4 Å². The number of carbonyl (C=O) groups is 1. The highest BCUT2D eigenvalue weighted by Gasteiger charge is 2.11. The van der Waals surface area contributed by atoms with E-state index in [9.17, 15) is 9.18 Å². The molecule has 0 saturated carbocycles. The first-order valence-corrected chi connectivity index (χ1v) is 10.2. The minimum absolute atomic E-state index is 0.0165. The molecule has 0 atom stereocenters. The first-order valence-electron chi connectivity index (χ1n) is 10.2. The molecule has 4 aromatic rings. The molecule has 3 aromatic heterocycles. The maximum Gasteiger partial charge on any atom is 0.323 e. The highest BCUT2D eigenvalue weighted by Crippen LogP contribution is 2.27. The third-order valence-corrected chi connectivity index (χ3v) is 4.70. The summed E-state index contributed by atoms with van der Waals surface area (Å²) in [6, 6.07) is 8.76. The largest absolute Gasteiger partial charge is 0.457 e. The number of halogens is 1. The normalized spacial score (nSPS) is 10.8. The highest BCUT2D eigenvalue weighted by atomic mass is 19.1. The molecular formula is C23H22FN7O2. The smallest absolute Gasteiger partial charge is 0.323 e. The van der Waals surface area contributed by atoms with E-state index in [4.69, 9.17) is 4.74 Å². The lowest BCUT2D eigenvalue weighted by atomic mass is 10.1. The Balaban J connectivity index is 1.42. The molecule has 168 valence electrons. The van der Waals surface area contributed by atoms with Gasteiger partial charge >= 0.3 is 6.03 Å². The number of amides is 2. The van der Waals surface area contributed by atoms with Crippen LogP contribution in [0, 0.1) is 5.82 Å². The van der Waals surface area contributed by atoms with Gasteiger partial charge in [-0.15, -0.1) is 0 Å². The van der Waals surface area contributed by atoms with Crippen LogP contribution in [0.1, 0.15) is 25.3 Å². The molecule has 33 heavy (non-hydrogen) atoms. The van der Waals surface area contributed by atoms with Crippen LogP contribution in [-0.2, 0) is 7.05 Å². The summed E-state index contributed by atoms with van der Waals surface area (Å²) in [6.07, 6.45) is 6.43. The van der Waals surface area contributed by atoms with E-state index in [2.05, 4.69) is 30.8 Å². The van der Waals surface area contributed by atoms with Crippen molar-refractivity contribution in [3.8, 4) is 22.9 Å². The van der Waals surface area contributed by atoms with Crippen molar-refractivity contribution in [3.63, 3.8) is 0 Å². The average molecular weight is 447 g/mol. The number of urea groups is 1. The van der Waals surface area contributed by atoms with E-state index in [1.807, 2.05) is 19.9 Å². The first-order chi connectivity index (χ1) is 15.9. The molecular weight excluding hydrogens is 425 g/mol. The predicted molar refractivity (Wildman–Crippen MR) is 122 cm³/mol. The summed E-state index contributed by atoms with van der Waals surface area (Å²) in [6.45, 7) is 4.06. The quantitative estimate of drug-likeness (QED) is 0.432. The van der Waals surface area contributed by atoms with E-state index in [0.29, 0.717) is 22.8 Å². The zero-order chi connectivity index (χ0) is 23.4. The van der Waals surface area contributed by atoms with Crippen molar-refractivity contribution < 1.29 is 13.9 Å². The van der Waals surface area contributed by atoms with E-state index in [1.165, 1.54) is 23.1 Å². The summed E-state index contributed by atoms with van der Waals surface area (Å²) in [5.41, 5.74) is 2.69. The number of benzene rings is 1. The van der Waals surface area contributed by atoms with Gasteiger partial charge in [-0.25, -0.2) is 9.18 Å². The van der Waals surface area contributed by atoms with Gasteiger partial charge in [-0.2, -0.15) is 15.0 Å². The van der Waals surface area contributed by atoms with Crippen LogP contribution in [0.5, 0.6) is 11.5 Å². The van der Waals surface area contributed by atoms with Crippen molar-refractivity contribution in [1.82, 2.24) is 25.0 Å². The zero-order valence-corrected chi connectivity index (χ0v) is 18.3. The van der Waals surface area contributed by atoms with Gasteiger partial charge in [-0.1, -0.05) is 13.8 Å². The third kappa shape index (κ3) is 5.48. The fourth-order valence-electron chi connectivity index (χ4n) is 3.00. The molecule has 3 heterocycles. The molecule has 9 nitrogen and oxygen atoms in total. The molecule has 2 N–H and O–H groups in total. The standard InChI is InChI=1S/C23H22FN7O2/c1-14(2)15-8-16(12-25-11-15)28-23(32)29-20-5-4-17(9-19(20)24)33-18-6-7-26-21(10-18)22-13-27-31(3)30-22/h4-14H,1-3H3,(H2,28,29,32). The Morgan fingerprint density at radius 3 is 2.58 bits per heavy atom. The Bertz CT molecular complexity index is 1290. The average Bonchev–Trinajstić information content (AvgIpc) is 3.22. The number of hydrogen-bond acceptors (Lipinski definition) is 6. The van der Waals surface area contributed by atoms with E-state index in [1.54, 1.807) is 43.8 Å². The number of hydrogen-bond donors (Lipinski definition) is 2. The summed E-state index contributed by atoms with van der Waals surface area (Å²) in [5, 5.41) is 13.4. The number of aryl methyl sites for hydroxylation is 1. The maximum atomic E-state index is 14.6. The molecule has 1 aromatic carbocycles. The molecule has 0 aliphatic carbocycles. The summed E-state index contributed by atoms with van der Waals surface area (Å²) in [4.78, 5) is 22.1. The Kier molecular flexibility index (Phi) is 6.25. The lowest BCUT2D eigenvalue weighted by Crippen LogP contribution is -2.20. The van der Waals surface area contributed by atoms with Crippen LogP contribution in [0.2, 0.25) is 0 Å². The van der Waals surface area contributed by atoms with Gasteiger partial charge in [0.1, 0.15) is 23.0 Å². The zero-order valence-electron chi connectivity index (χ0n) is 18.3. The maximum absolute atomic E-state index is 14.6. The van der Waals surface area contributed by atoms with Crippen LogP contribution >= 0.6 is 0 Å². The van der Waals surface area contributed by atoms with Crippen LogP contribution in [0.3, 0.4) is 0 Å². The van der Waals surface area contributed by atoms with Crippen LogP contribution < -0.4 is 15.4 Å². The van der Waals surface area contributed by atoms with Gasteiger partial charge in [0.2, 0.25) is 0 Å². The van der Waals surface area contributed by atoms with Crippen molar-refractivity contribution in [3.05, 3.63) is 72.6 Å². The number of nitrogens with one attached hydrogen (secondary N) is 2. The predicted octanol–water partition coefficient (Wildman–Crippen LogP) is 4.97. The fraction of sp³-hybridized carbons (Fsp3) is 0.174. The molecule has 0 bridgehead atoms. The van der Waals surface area contributed by atoms with Gasteiger partial charge in [0.25, 0.3) is 0 Å². The van der Waals surface area contributed by atoms with Crippen LogP contribution in [0.15, 0.2) is 61.2 Å². The van der Waals surface area contributed by atoms with Gasteiger partial charge in [-0.3, -0.25) is 9.97 Å². The molecule has 0 unspecified atom stereocenters. The molecule has 0 spiro atoms. The summed E-state index contributed by atoms with van der Waals surface area (Å²) in [5.74, 6) is 0.355. The van der Waals surface area contributed by atoms with E-state index >= 15 is 0 Å². The number of nitrogens with zero attached hydrogens (tertiary/aromatic N) is 5. The molecule has 10 heteroatoms. The van der Waals surface area contributed by atoms with Gasteiger partial charge in [0.15, 0.2) is 0 Å². The van der Waals surface area contributed by atoms with E-state index in [0.717, 1.165) is 5.56 Å². The number of pyridine rings is 2. The van der Waals surface area contributed by atoms with Gasteiger partial charge in [-0.05, 0) is 35.7 Å². The first kappa shape index (κ1) is 21.9. The number of rotatable bonds is 6. The second kappa shape index (κ2) is 9.43. The number of carbonyl (C=O) groups excluding carboxylic acids is 1. The fourth-order valence-corrected chi connectivity index (χ4v) is 3.00. The van der Waals surface area contributed by atoms with E-state index < -0.39 is 11.8 Å². The third-order valence-electron chi connectivity index (χ3n) is 4.70. The SMILES string of the molecule is CC(C)c1cncc(NC(=O)Nc2ccc(Oc3ccnc(-c4cnn(C)n4)c3)cc2F)c1. The summed E-state index contributed by atoms with van der Waals surface area (Å²) in [7, 11) is 1.71. The minimum atomic E-state index is -0.639. The lowest BCUT2D eigenvalue weighted by molar-refractivity contribution is 0.262. The van der Waals surface area contributed by atoms with Crippen molar-refractivity contribution >= 4 is 17.4 Å². The minimum Gasteiger partial charge on any atom is -0.457 e. The highest BCUT2D eigenvalue weighted by molar-refractivity contribution is 5.99. The molecule has 0 saturated heterocycles. The number of ether oxygens (including phenoxy) is 1. The van der Waals surface area contributed by atoms with Gasteiger partial charge in [0, 0.05) is 31.6 Å². The molecule has 0 fully saturated rings. The molecule has 2 amide bonds. The Hall–Kier alpha value is -4.34. The van der Waals surface area contributed by atoms with E-state index in [-0.39, 0.29) is 17.4 Å². The summed E-state index contributed by atoms with van der Waals surface area (Å²) >= 11 is 0. The number of anilines is 2. The second-order valence-electron chi connectivity index (χ2n) is 7.58. The Morgan fingerprint density at radius 1 is 1.03 bits per heavy atom. The van der Waals surface area contributed by atoms with Crippen LogP contribution in [0.4, 0.5) is 20.6 Å². The number of aromatic nitrogens is 5. The lowest BCUT2D eigenvalue weighted by Gasteiger charge is -2.12. The van der Waals surface area contributed by atoms with Crippen molar-refractivity contribution in [2.75, 3.05) is 10.6 Å². The summed E-state index contributed by atoms with van der Waals surface area (Å²) < 4.78 is 20.3. The van der Waals surface area contributed by atoms with Gasteiger partial charge < -0.3 is 15.4 Å². The van der Waals surface area contributed by atoms with Crippen molar-refractivity contribution in [1.29, 1.82) is 0 Å². The monoisotopic (exact) mass is 447 g/mol. The molecule has 4 rings (SSSR count). The Labute approximate surface area is 189 Å². The molecule has 0 radical (unpaired) electrons. The molecule has 0 aliphatic rings. The van der Waals surface area contributed by atoms with Crippen LogP contribution in [-0.4, -0.2) is 31.0 Å².